The second-order valence-electron chi connectivity index (χ2n) is 6.50. The van der Waals surface area contributed by atoms with E-state index < -0.39 is 11.5 Å². The van der Waals surface area contributed by atoms with Crippen LogP contribution < -0.4 is 10.6 Å². The Morgan fingerprint density at radius 2 is 1.65 bits per heavy atom. The molecule has 0 atom stereocenters. The molecule has 2 aliphatic carbocycles. The van der Waals surface area contributed by atoms with Crippen LogP contribution >= 0.6 is 0 Å². The molecular weight excluding hydrogens is 256 g/mol. The molecule has 0 aromatic carbocycles. The van der Waals surface area contributed by atoms with Crippen LogP contribution in [0.5, 0.6) is 0 Å². The van der Waals surface area contributed by atoms with Crippen LogP contribution in [0, 0.1) is 5.92 Å². The van der Waals surface area contributed by atoms with E-state index >= 15 is 0 Å². The topological polar surface area (TPSA) is 78.4 Å². The number of amides is 2. The van der Waals surface area contributed by atoms with E-state index in [-0.39, 0.29) is 12.1 Å². The quantitative estimate of drug-likeness (QED) is 0.744. The van der Waals surface area contributed by atoms with E-state index in [9.17, 15) is 14.7 Å². The third-order valence-electron chi connectivity index (χ3n) is 4.83. The van der Waals surface area contributed by atoms with Crippen molar-refractivity contribution < 1.29 is 14.7 Å². The lowest BCUT2D eigenvalue weighted by Crippen LogP contribution is -2.59. The van der Waals surface area contributed by atoms with E-state index in [1.54, 1.807) is 0 Å². The Labute approximate surface area is 120 Å². The average molecular weight is 282 g/mol. The number of carbonyl (C=O) groups excluding carboxylic acids is 1. The fraction of sp³-hybridized carbons (Fsp3) is 0.867. The molecule has 2 amide bonds. The molecule has 2 saturated carbocycles. The minimum absolute atomic E-state index is 0.206. The summed E-state index contributed by atoms with van der Waals surface area (Å²) in [6.07, 6.45) is 8.31. The maximum absolute atomic E-state index is 12.1. The molecule has 0 radical (unpaired) electrons. The lowest BCUT2D eigenvalue weighted by molar-refractivity contribution is -0.146. The molecule has 2 aliphatic rings. The van der Waals surface area contributed by atoms with Crippen LogP contribution in [0.3, 0.4) is 0 Å². The minimum Gasteiger partial charge on any atom is -0.480 e. The number of carboxylic acids is 1. The number of nitrogens with one attached hydrogen (secondary N) is 2. The summed E-state index contributed by atoms with van der Waals surface area (Å²) >= 11 is 0. The van der Waals surface area contributed by atoms with E-state index in [1.165, 1.54) is 6.42 Å². The Hall–Kier alpha value is -1.26. The van der Waals surface area contributed by atoms with Crippen molar-refractivity contribution in [3.05, 3.63) is 0 Å². The first-order valence-corrected chi connectivity index (χ1v) is 7.84. The normalized spacial score (nSPS) is 31.6. The van der Waals surface area contributed by atoms with Gasteiger partial charge in [-0.1, -0.05) is 26.2 Å². The first-order valence-electron chi connectivity index (χ1n) is 7.84. The molecule has 0 aromatic rings. The van der Waals surface area contributed by atoms with Gasteiger partial charge in [-0.3, -0.25) is 0 Å². The standard InChI is InChI=1S/C15H26N2O3/c1-11-7-9-15(10-8-11,13(18)19)17-14(20)16-12-5-3-2-4-6-12/h11-12H,2-10H2,1H3,(H,18,19)(H2,16,17,20). The lowest BCUT2D eigenvalue weighted by atomic mass is 9.77. The summed E-state index contributed by atoms with van der Waals surface area (Å²) in [6, 6.07) is -0.106. The number of aliphatic carboxylic acids is 1. The second-order valence-corrected chi connectivity index (χ2v) is 6.50. The first kappa shape index (κ1) is 15.1. The molecule has 3 N–H and O–H groups in total. The van der Waals surface area contributed by atoms with Crippen LogP contribution in [0.2, 0.25) is 0 Å². The first-order chi connectivity index (χ1) is 9.52. The summed E-state index contributed by atoms with van der Waals surface area (Å²) in [5.74, 6) is -0.353. The number of urea groups is 1. The van der Waals surface area contributed by atoms with Crippen molar-refractivity contribution in [2.75, 3.05) is 0 Å². The van der Waals surface area contributed by atoms with Gasteiger partial charge in [-0.15, -0.1) is 0 Å². The number of rotatable bonds is 3. The number of carbonyl (C=O) groups is 2. The predicted octanol–water partition coefficient (Wildman–Crippen LogP) is 2.65. The Kier molecular flexibility index (Phi) is 4.89. The predicted molar refractivity (Wildman–Crippen MR) is 76.5 cm³/mol. The highest BCUT2D eigenvalue weighted by Crippen LogP contribution is 2.32. The summed E-state index contributed by atoms with van der Waals surface area (Å²) in [4.78, 5) is 23.7. The van der Waals surface area contributed by atoms with Gasteiger partial charge in [0.05, 0.1) is 0 Å². The second kappa shape index (κ2) is 6.46. The molecule has 2 fully saturated rings. The van der Waals surface area contributed by atoms with Crippen LogP contribution in [0.15, 0.2) is 0 Å². The third kappa shape index (κ3) is 3.64. The van der Waals surface area contributed by atoms with Crippen molar-refractivity contribution in [3.8, 4) is 0 Å². The van der Waals surface area contributed by atoms with Crippen LogP contribution in [-0.4, -0.2) is 28.7 Å². The molecule has 5 nitrogen and oxygen atoms in total. The molecule has 0 spiro atoms. The SMILES string of the molecule is CC1CCC(NC(=O)NC2CCCCC2)(C(=O)O)CC1. The van der Waals surface area contributed by atoms with Crippen LogP contribution in [-0.2, 0) is 4.79 Å². The molecule has 0 bridgehead atoms. The zero-order valence-electron chi connectivity index (χ0n) is 12.3. The Bertz CT molecular complexity index is 356. The molecule has 5 heteroatoms. The maximum atomic E-state index is 12.1. The Morgan fingerprint density at radius 1 is 1.05 bits per heavy atom. The zero-order chi connectivity index (χ0) is 14.6. The highest BCUT2D eigenvalue weighted by molar-refractivity contribution is 5.86. The van der Waals surface area contributed by atoms with Crippen molar-refractivity contribution in [2.24, 2.45) is 5.92 Å². The smallest absolute Gasteiger partial charge is 0.329 e. The molecule has 20 heavy (non-hydrogen) atoms. The van der Waals surface area contributed by atoms with Crippen molar-refractivity contribution in [1.82, 2.24) is 10.6 Å². The van der Waals surface area contributed by atoms with Gasteiger partial charge in [-0.2, -0.15) is 0 Å². The highest BCUT2D eigenvalue weighted by atomic mass is 16.4. The minimum atomic E-state index is -1.06. The zero-order valence-corrected chi connectivity index (χ0v) is 12.3. The van der Waals surface area contributed by atoms with Gasteiger partial charge >= 0.3 is 12.0 Å². The van der Waals surface area contributed by atoms with Gasteiger partial charge in [0, 0.05) is 6.04 Å². The highest BCUT2D eigenvalue weighted by Gasteiger charge is 2.42. The van der Waals surface area contributed by atoms with E-state index in [1.807, 2.05) is 0 Å². The van der Waals surface area contributed by atoms with E-state index in [2.05, 4.69) is 17.6 Å². The number of carboxylic acid groups (broad SMARTS) is 1. The number of hydrogen-bond donors (Lipinski definition) is 3. The maximum Gasteiger partial charge on any atom is 0.329 e. The van der Waals surface area contributed by atoms with Gasteiger partial charge in [-0.25, -0.2) is 9.59 Å². The molecule has 114 valence electrons. The molecule has 2 rings (SSSR count). The van der Waals surface area contributed by atoms with Crippen molar-refractivity contribution in [3.63, 3.8) is 0 Å². The summed E-state index contributed by atoms with van der Waals surface area (Å²) in [5.41, 5.74) is -1.06. The van der Waals surface area contributed by atoms with Gasteiger partial charge < -0.3 is 15.7 Å². The Morgan fingerprint density at radius 3 is 2.20 bits per heavy atom. The molecule has 0 aromatic heterocycles. The molecule has 0 unspecified atom stereocenters. The van der Waals surface area contributed by atoms with Crippen molar-refractivity contribution in [1.29, 1.82) is 0 Å². The third-order valence-corrected chi connectivity index (χ3v) is 4.83. The molecule has 0 saturated heterocycles. The largest absolute Gasteiger partial charge is 0.480 e. The Balaban J connectivity index is 1.90. The van der Waals surface area contributed by atoms with E-state index in [0.717, 1.165) is 38.5 Å². The van der Waals surface area contributed by atoms with Gasteiger partial charge in [0.1, 0.15) is 5.54 Å². The van der Waals surface area contributed by atoms with Crippen LogP contribution in [0.4, 0.5) is 4.79 Å². The summed E-state index contributed by atoms with van der Waals surface area (Å²) in [5, 5.41) is 15.2. The van der Waals surface area contributed by atoms with Crippen LogP contribution in [0.25, 0.3) is 0 Å². The average Bonchev–Trinajstić information content (AvgIpc) is 2.42. The van der Waals surface area contributed by atoms with Crippen LogP contribution in [0.1, 0.15) is 64.7 Å². The van der Waals surface area contributed by atoms with E-state index in [0.29, 0.717) is 18.8 Å². The number of hydrogen-bond acceptors (Lipinski definition) is 2. The lowest BCUT2D eigenvalue weighted by Gasteiger charge is -2.37. The van der Waals surface area contributed by atoms with Gasteiger partial charge in [0.15, 0.2) is 0 Å². The van der Waals surface area contributed by atoms with Crippen molar-refractivity contribution >= 4 is 12.0 Å². The fourth-order valence-electron chi connectivity index (χ4n) is 3.33. The summed E-state index contributed by atoms with van der Waals surface area (Å²) < 4.78 is 0. The monoisotopic (exact) mass is 282 g/mol. The van der Waals surface area contributed by atoms with Gasteiger partial charge in [0.25, 0.3) is 0 Å². The molecule has 0 heterocycles. The summed E-state index contributed by atoms with van der Waals surface area (Å²) in [7, 11) is 0. The van der Waals surface area contributed by atoms with E-state index in [4.69, 9.17) is 0 Å². The van der Waals surface area contributed by atoms with Gasteiger partial charge in [0.2, 0.25) is 0 Å². The molecular formula is C15H26N2O3. The molecule has 0 aliphatic heterocycles. The fourth-order valence-corrected chi connectivity index (χ4v) is 3.33. The van der Waals surface area contributed by atoms with Crippen molar-refractivity contribution in [2.45, 2.75) is 76.3 Å². The summed E-state index contributed by atoms with van der Waals surface area (Å²) in [6.45, 7) is 2.13. The van der Waals surface area contributed by atoms with Gasteiger partial charge in [-0.05, 0) is 44.4 Å².